The first-order valence-electron chi connectivity index (χ1n) is 13.2. The van der Waals surface area contributed by atoms with Crippen LogP contribution in [0.1, 0.15) is 16.7 Å². The molecule has 11 nitrogen and oxygen atoms in total. The number of thioether (sulfide) groups is 1. The zero-order valence-electron chi connectivity index (χ0n) is 23.8. The van der Waals surface area contributed by atoms with Crippen LogP contribution in [0.4, 0.5) is 39.7 Å². The molecule has 1 aliphatic heterocycles. The molecule has 1 aromatic heterocycles. The summed E-state index contributed by atoms with van der Waals surface area (Å²) in [4.78, 5) is 35.0. The minimum atomic E-state index is -4.79. The van der Waals surface area contributed by atoms with E-state index in [-0.39, 0.29) is 47.4 Å². The van der Waals surface area contributed by atoms with Gasteiger partial charge in [-0.2, -0.15) is 4.99 Å². The first-order chi connectivity index (χ1) is 21.5. The lowest BCUT2D eigenvalue weighted by atomic mass is 10.1. The Hall–Kier alpha value is -4.96. The molecule has 0 aliphatic carbocycles. The van der Waals surface area contributed by atoms with Crippen molar-refractivity contribution >= 4 is 46.2 Å². The molecule has 4 aromatic rings. The number of carbonyl (C=O) groups is 2. The lowest BCUT2D eigenvalue weighted by Gasteiger charge is -2.20. The molecule has 0 atom stereocenters. The van der Waals surface area contributed by atoms with Crippen molar-refractivity contribution in [2.24, 2.45) is 4.99 Å². The number of amidine groups is 1. The second-order valence-corrected chi connectivity index (χ2v) is 10.6. The van der Waals surface area contributed by atoms with Gasteiger partial charge < -0.3 is 20.1 Å². The van der Waals surface area contributed by atoms with Crippen LogP contribution in [0.25, 0.3) is 5.69 Å². The summed E-state index contributed by atoms with van der Waals surface area (Å²) in [6.45, 7) is 2.26. The van der Waals surface area contributed by atoms with Gasteiger partial charge >= 0.3 is 12.4 Å². The van der Waals surface area contributed by atoms with Crippen LogP contribution in [0.5, 0.6) is 5.75 Å². The molecule has 1 fully saturated rings. The van der Waals surface area contributed by atoms with Crippen molar-refractivity contribution in [1.82, 2.24) is 14.8 Å². The fraction of sp³-hybridized carbons (Fsp3) is 0.207. The number of hydrogen-bond donors (Lipinski definition) is 2. The first kappa shape index (κ1) is 31.5. The van der Waals surface area contributed by atoms with E-state index in [1.54, 1.807) is 13.2 Å². The largest absolute Gasteiger partial charge is 0.573 e. The van der Waals surface area contributed by atoms with Crippen LogP contribution < -0.4 is 20.3 Å². The summed E-state index contributed by atoms with van der Waals surface area (Å²) in [7, 11) is 1.54. The summed E-state index contributed by atoms with van der Waals surface area (Å²) >= 11 is 1.10. The molecular weight excluding hydrogens is 618 g/mol. The van der Waals surface area contributed by atoms with E-state index in [4.69, 9.17) is 4.74 Å². The zero-order valence-corrected chi connectivity index (χ0v) is 24.6. The Morgan fingerprint density at radius 3 is 2.60 bits per heavy atom. The van der Waals surface area contributed by atoms with Crippen molar-refractivity contribution in [3.8, 4) is 11.4 Å². The number of ether oxygens (including phenoxy) is 2. The lowest BCUT2D eigenvalue weighted by Crippen LogP contribution is -2.31. The number of aromatic nitrogens is 3. The number of aryl methyl sites for hydroxylation is 1. The fourth-order valence-electron chi connectivity index (χ4n) is 4.29. The molecule has 0 bridgehead atoms. The number of hydrogen-bond acceptors (Lipinski definition) is 8. The molecule has 0 spiro atoms. The van der Waals surface area contributed by atoms with Crippen LogP contribution in [-0.4, -0.2) is 51.1 Å². The standard InChI is InChI=1S/C29H25F4N7O4S/c1-17-3-5-19(14-43-2)24(11-17)40-25(41)15-45-28(40)37-27(42)36-23-10-4-18(12-22(23)30)13-34-26-35-16-39(38-26)20-6-8-21(9-7-20)44-29(31,32)33/h3-12,16H,13-15H2,1-2H3,(H,34,38)(H,36,42). The molecule has 234 valence electrons. The van der Waals surface area contributed by atoms with Gasteiger partial charge in [0.1, 0.15) is 17.9 Å². The number of benzene rings is 3. The molecule has 1 saturated heterocycles. The van der Waals surface area contributed by atoms with E-state index in [1.165, 1.54) is 40.2 Å². The number of amides is 3. The highest BCUT2D eigenvalue weighted by molar-refractivity contribution is 8.15. The average Bonchev–Trinajstić information content (AvgIpc) is 3.60. The first-order valence-corrected chi connectivity index (χ1v) is 14.2. The molecule has 1 aliphatic rings. The highest BCUT2D eigenvalue weighted by atomic mass is 32.2. The summed E-state index contributed by atoms with van der Waals surface area (Å²) < 4.78 is 62.5. The van der Waals surface area contributed by atoms with Gasteiger partial charge in [0.05, 0.1) is 29.4 Å². The molecule has 3 amide bonds. The molecule has 0 radical (unpaired) electrons. The predicted octanol–water partition coefficient (Wildman–Crippen LogP) is 6.04. The molecule has 2 heterocycles. The Balaban J connectivity index is 1.21. The number of carbonyl (C=O) groups excluding carboxylic acids is 2. The third-order valence-electron chi connectivity index (χ3n) is 6.30. The second kappa shape index (κ2) is 13.4. The quantitative estimate of drug-likeness (QED) is 0.212. The molecule has 45 heavy (non-hydrogen) atoms. The molecular formula is C29H25F4N7O4S. The van der Waals surface area contributed by atoms with E-state index in [0.717, 1.165) is 35.0 Å². The molecule has 2 N–H and O–H groups in total. The topological polar surface area (TPSA) is 123 Å². The Morgan fingerprint density at radius 2 is 1.89 bits per heavy atom. The van der Waals surface area contributed by atoms with Crippen LogP contribution in [0.2, 0.25) is 0 Å². The molecule has 0 saturated carbocycles. The monoisotopic (exact) mass is 643 g/mol. The Kier molecular flexibility index (Phi) is 9.34. The number of rotatable bonds is 9. The van der Waals surface area contributed by atoms with Crippen LogP contribution in [0.3, 0.4) is 0 Å². The van der Waals surface area contributed by atoms with Gasteiger partial charge in [0, 0.05) is 19.2 Å². The minimum Gasteiger partial charge on any atom is -0.406 e. The molecule has 0 unspecified atom stereocenters. The highest BCUT2D eigenvalue weighted by Crippen LogP contribution is 2.31. The van der Waals surface area contributed by atoms with Crippen LogP contribution in [0.15, 0.2) is 72.0 Å². The summed E-state index contributed by atoms with van der Waals surface area (Å²) in [6, 6.07) is 13.9. The number of aliphatic imine (C=N–C) groups is 1. The lowest BCUT2D eigenvalue weighted by molar-refractivity contribution is -0.274. The number of urea groups is 1. The summed E-state index contributed by atoms with van der Waals surface area (Å²) in [5.74, 6) is -1.04. The Labute approximate surface area is 258 Å². The third-order valence-corrected chi connectivity index (χ3v) is 7.22. The van der Waals surface area contributed by atoms with Gasteiger partial charge in [0.25, 0.3) is 0 Å². The fourth-order valence-corrected chi connectivity index (χ4v) is 5.15. The summed E-state index contributed by atoms with van der Waals surface area (Å²) in [5.41, 5.74) is 3.07. The second-order valence-electron chi connectivity index (χ2n) is 9.63. The number of alkyl halides is 3. The molecule has 3 aromatic carbocycles. The SMILES string of the molecule is COCc1ccc(C)cc1N1C(=O)CSC1=NC(=O)Nc1ccc(CNc2ncn(-c3ccc(OC(F)(F)F)cc3)n2)cc1F. The maximum atomic E-state index is 14.9. The number of anilines is 3. The maximum Gasteiger partial charge on any atom is 0.573 e. The van der Waals surface area contributed by atoms with E-state index >= 15 is 0 Å². The van der Waals surface area contributed by atoms with E-state index < -0.39 is 18.2 Å². The Morgan fingerprint density at radius 1 is 1.11 bits per heavy atom. The van der Waals surface area contributed by atoms with Gasteiger partial charge in [0.2, 0.25) is 11.9 Å². The van der Waals surface area contributed by atoms with Crippen LogP contribution in [-0.2, 0) is 22.7 Å². The van der Waals surface area contributed by atoms with Crippen molar-refractivity contribution in [3.63, 3.8) is 0 Å². The zero-order chi connectivity index (χ0) is 32.1. The van der Waals surface area contributed by atoms with E-state index in [0.29, 0.717) is 16.9 Å². The number of methoxy groups -OCH3 is 1. The van der Waals surface area contributed by atoms with Gasteiger partial charge in [-0.25, -0.2) is 18.9 Å². The summed E-state index contributed by atoms with van der Waals surface area (Å²) in [6.07, 6.45) is -3.43. The van der Waals surface area contributed by atoms with Gasteiger partial charge in [-0.1, -0.05) is 30.0 Å². The number of nitrogens with zero attached hydrogens (tertiary/aromatic N) is 5. The van der Waals surface area contributed by atoms with E-state index in [1.807, 2.05) is 25.1 Å². The highest BCUT2D eigenvalue weighted by Gasteiger charge is 2.32. The van der Waals surface area contributed by atoms with Crippen molar-refractivity contribution in [2.45, 2.75) is 26.4 Å². The van der Waals surface area contributed by atoms with Gasteiger partial charge in [-0.3, -0.25) is 9.69 Å². The van der Waals surface area contributed by atoms with E-state index in [9.17, 15) is 27.2 Å². The minimum absolute atomic E-state index is 0.0961. The Bertz CT molecular complexity index is 1750. The average molecular weight is 644 g/mol. The predicted molar refractivity (Wildman–Crippen MR) is 160 cm³/mol. The van der Waals surface area contributed by atoms with Crippen LogP contribution >= 0.6 is 11.8 Å². The third kappa shape index (κ3) is 7.96. The van der Waals surface area contributed by atoms with E-state index in [2.05, 4.69) is 30.4 Å². The normalized spacial score (nSPS) is 14.2. The van der Waals surface area contributed by atoms with Crippen molar-refractivity contribution in [1.29, 1.82) is 0 Å². The number of nitrogens with one attached hydrogen (secondary N) is 2. The van der Waals surface area contributed by atoms with Crippen molar-refractivity contribution in [3.05, 3.63) is 89.5 Å². The van der Waals surface area contributed by atoms with Crippen LogP contribution in [0, 0.1) is 12.7 Å². The van der Waals surface area contributed by atoms with Gasteiger partial charge in [0.15, 0.2) is 5.17 Å². The molecule has 5 rings (SSSR count). The van der Waals surface area contributed by atoms with Gasteiger partial charge in [-0.15, -0.1) is 18.3 Å². The van der Waals surface area contributed by atoms with Crippen molar-refractivity contribution < 1.29 is 36.6 Å². The van der Waals surface area contributed by atoms with Gasteiger partial charge in [-0.05, 0) is 60.5 Å². The number of halogens is 4. The maximum absolute atomic E-state index is 14.9. The molecule has 16 heteroatoms. The summed E-state index contributed by atoms with van der Waals surface area (Å²) in [5, 5.41) is 9.72. The van der Waals surface area contributed by atoms with Crippen molar-refractivity contribution in [2.75, 3.05) is 28.4 Å². The smallest absolute Gasteiger partial charge is 0.406 e.